The van der Waals surface area contributed by atoms with Gasteiger partial charge in [-0.1, -0.05) is 26.1 Å². The summed E-state index contributed by atoms with van der Waals surface area (Å²) in [5.41, 5.74) is 6.78. The number of nitrogens with two attached hydrogens (primary N) is 1. The van der Waals surface area contributed by atoms with Gasteiger partial charge in [0.05, 0.1) is 16.6 Å². The number of aryl methyl sites for hydroxylation is 2. The average Bonchev–Trinajstić information content (AvgIpc) is 2.69. The van der Waals surface area contributed by atoms with E-state index in [0.717, 1.165) is 18.5 Å². The monoisotopic (exact) mass is 297 g/mol. The molecular formula is C13H19N3OS2. The molecule has 0 saturated heterocycles. The van der Waals surface area contributed by atoms with E-state index >= 15 is 0 Å². The van der Waals surface area contributed by atoms with E-state index in [4.69, 9.17) is 18.0 Å². The van der Waals surface area contributed by atoms with Crippen molar-refractivity contribution in [2.45, 2.75) is 39.5 Å². The Hall–Kier alpha value is -1.01. The average molecular weight is 297 g/mol. The van der Waals surface area contributed by atoms with Gasteiger partial charge in [-0.25, -0.2) is 4.98 Å². The van der Waals surface area contributed by atoms with Gasteiger partial charge in [0.2, 0.25) is 5.91 Å². The molecule has 1 amide bonds. The number of hydrogen-bond donors (Lipinski definition) is 2. The van der Waals surface area contributed by atoms with Crippen molar-refractivity contribution in [3.63, 3.8) is 0 Å². The molecule has 0 saturated carbocycles. The molecule has 0 aromatic carbocycles. The summed E-state index contributed by atoms with van der Waals surface area (Å²) >= 11 is 6.55. The highest BCUT2D eigenvalue weighted by atomic mass is 32.1. The van der Waals surface area contributed by atoms with Gasteiger partial charge in [-0.15, -0.1) is 11.3 Å². The number of rotatable bonds is 4. The number of nitrogens with zero attached hydrogens (tertiary/aromatic N) is 1. The molecule has 0 aliphatic heterocycles. The lowest BCUT2D eigenvalue weighted by Crippen LogP contribution is -2.36. The van der Waals surface area contributed by atoms with Gasteiger partial charge in [-0.2, -0.15) is 0 Å². The Bertz CT molecular complexity index is 473. The fraction of sp³-hybridized carbons (Fsp3) is 0.615. The molecule has 0 spiro atoms. The van der Waals surface area contributed by atoms with Crippen molar-refractivity contribution in [1.82, 2.24) is 4.98 Å². The van der Waals surface area contributed by atoms with E-state index in [-0.39, 0.29) is 16.8 Å². The minimum atomic E-state index is -0.434. The zero-order chi connectivity index (χ0) is 14.0. The Kier molecular flexibility index (Phi) is 4.52. The Morgan fingerprint density at radius 1 is 1.42 bits per heavy atom. The van der Waals surface area contributed by atoms with E-state index in [9.17, 15) is 4.79 Å². The van der Waals surface area contributed by atoms with Gasteiger partial charge in [0, 0.05) is 4.88 Å². The normalized spacial score (nSPS) is 15.9. The highest BCUT2D eigenvalue weighted by Gasteiger charge is 2.26. The van der Waals surface area contributed by atoms with Crippen LogP contribution in [0.5, 0.6) is 0 Å². The van der Waals surface area contributed by atoms with Crippen LogP contribution in [0.25, 0.3) is 0 Å². The molecule has 1 atom stereocenters. The first-order valence-electron chi connectivity index (χ1n) is 6.57. The molecule has 3 N–H and O–H groups in total. The van der Waals surface area contributed by atoms with Gasteiger partial charge in [-0.05, 0) is 31.6 Å². The Labute approximate surface area is 122 Å². The van der Waals surface area contributed by atoms with E-state index in [1.54, 1.807) is 11.3 Å². The minimum Gasteiger partial charge on any atom is -0.393 e. The van der Waals surface area contributed by atoms with E-state index < -0.39 is 5.92 Å². The molecule has 1 heterocycles. The predicted octanol–water partition coefficient (Wildman–Crippen LogP) is 2.52. The molecule has 1 aromatic rings. The van der Waals surface area contributed by atoms with E-state index in [1.165, 1.54) is 17.7 Å². The summed E-state index contributed by atoms with van der Waals surface area (Å²) in [4.78, 5) is 18.2. The second-order valence-electron chi connectivity index (χ2n) is 5.21. The molecule has 0 fully saturated rings. The first-order valence-corrected chi connectivity index (χ1v) is 7.80. The molecule has 0 bridgehead atoms. The SMILES string of the molecule is CC(C)C(C(=O)Nc1nc2c(s1)CCCC2)C(N)=S. The number of aromatic nitrogens is 1. The van der Waals surface area contributed by atoms with Crippen molar-refractivity contribution in [2.75, 3.05) is 5.32 Å². The van der Waals surface area contributed by atoms with Crippen molar-refractivity contribution >= 4 is 39.6 Å². The fourth-order valence-corrected chi connectivity index (χ4v) is 3.78. The minimum absolute atomic E-state index is 0.0899. The lowest BCUT2D eigenvalue weighted by molar-refractivity contribution is -0.118. The molecule has 1 aliphatic carbocycles. The van der Waals surface area contributed by atoms with E-state index in [1.807, 2.05) is 13.8 Å². The standard InChI is InChI=1S/C13H19N3OS2/c1-7(2)10(11(14)18)12(17)16-13-15-8-5-3-4-6-9(8)19-13/h7,10H,3-6H2,1-2H3,(H2,14,18)(H,15,16,17). The summed E-state index contributed by atoms with van der Waals surface area (Å²) in [7, 11) is 0. The molecular weight excluding hydrogens is 278 g/mol. The van der Waals surface area contributed by atoms with Gasteiger partial charge < -0.3 is 11.1 Å². The van der Waals surface area contributed by atoms with Crippen molar-refractivity contribution in [3.05, 3.63) is 10.6 Å². The van der Waals surface area contributed by atoms with Crippen LogP contribution in [0.15, 0.2) is 0 Å². The van der Waals surface area contributed by atoms with Crippen molar-refractivity contribution in [3.8, 4) is 0 Å². The maximum atomic E-state index is 12.2. The highest BCUT2D eigenvalue weighted by molar-refractivity contribution is 7.80. The quantitative estimate of drug-likeness (QED) is 0.838. The maximum Gasteiger partial charge on any atom is 0.236 e. The number of thiocarbonyl (C=S) groups is 1. The predicted molar refractivity (Wildman–Crippen MR) is 82.5 cm³/mol. The van der Waals surface area contributed by atoms with E-state index in [0.29, 0.717) is 5.13 Å². The van der Waals surface area contributed by atoms with Gasteiger partial charge in [-0.3, -0.25) is 4.79 Å². The molecule has 0 radical (unpaired) electrons. The van der Waals surface area contributed by atoms with Crippen LogP contribution in [0.3, 0.4) is 0 Å². The topological polar surface area (TPSA) is 68.0 Å². The number of amides is 1. The van der Waals surface area contributed by atoms with Crippen LogP contribution in [-0.2, 0) is 17.6 Å². The highest BCUT2D eigenvalue weighted by Crippen LogP contribution is 2.30. The molecule has 6 heteroatoms. The van der Waals surface area contributed by atoms with Crippen LogP contribution in [0, 0.1) is 11.8 Å². The number of carbonyl (C=O) groups is 1. The lowest BCUT2D eigenvalue weighted by atomic mass is 9.95. The second kappa shape index (κ2) is 5.96. The summed E-state index contributed by atoms with van der Waals surface area (Å²) < 4.78 is 0. The number of hydrogen-bond acceptors (Lipinski definition) is 4. The third-order valence-corrected chi connectivity index (χ3v) is 4.66. The smallest absolute Gasteiger partial charge is 0.236 e. The van der Waals surface area contributed by atoms with Crippen LogP contribution in [0.1, 0.15) is 37.3 Å². The van der Waals surface area contributed by atoms with Crippen LogP contribution in [-0.4, -0.2) is 15.9 Å². The van der Waals surface area contributed by atoms with Crippen molar-refractivity contribution in [1.29, 1.82) is 0 Å². The molecule has 19 heavy (non-hydrogen) atoms. The third kappa shape index (κ3) is 3.30. The fourth-order valence-electron chi connectivity index (χ4n) is 2.35. The summed E-state index contributed by atoms with van der Waals surface area (Å²) in [5.74, 6) is -0.489. The number of thiazole rings is 1. The number of nitrogens with one attached hydrogen (secondary N) is 1. The zero-order valence-corrected chi connectivity index (χ0v) is 12.9. The molecule has 1 unspecified atom stereocenters. The molecule has 4 nitrogen and oxygen atoms in total. The molecule has 104 valence electrons. The zero-order valence-electron chi connectivity index (χ0n) is 11.2. The summed E-state index contributed by atoms with van der Waals surface area (Å²) in [5, 5.41) is 3.54. The van der Waals surface area contributed by atoms with Crippen LogP contribution in [0.2, 0.25) is 0 Å². The van der Waals surface area contributed by atoms with Crippen molar-refractivity contribution < 1.29 is 4.79 Å². The molecule has 1 aromatic heterocycles. The van der Waals surface area contributed by atoms with Crippen LogP contribution >= 0.6 is 23.6 Å². The Morgan fingerprint density at radius 3 is 2.68 bits per heavy atom. The van der Waals surface area contributed by atoms with Crippen LogP contribution < -0.4 is 11.1 Å². The van der Waals surface area contributed by atoms with Gasteiger partial charge >= 0.3 is 0 Å². The second-order valence-corrected chi connectivity index (χ2v) is 6.76. The molecule has 2 rings (SSSR count). The molecule has 1 aliphatic rings. The van der Waals surface area contributed by atoms with Gasteiger partial charge in [0.1, 0.15) is 0 Å². The number of carbonyl (C=O) groups excluding carboxylic acids is 1. The summed E-state index contributed by atoms with van der Waals surface area (Å²) in [6, 6.07) is 0. The van der Waals surface area contributed by atoms with Crippen LogP contribution in [0.4, 0.5) is 5.13 Å². The largest absolute Gasteiger partial charge is 0.393 e. The lowest BCUT2D eigenvalue weighted by Gasteiger charge is -2.17. The van der Waals surface area contributed by atoms with E-state index in [2.05, 4.69) is 10.3 Å². The van der Waals surface area contributed by atoms with Gasteiger partial charge in [0.15, 0.2) is 5.13 Å². The summed E-state index contributed by atoms with van der Waals surface area (Å²) in [6.45, 7) is 3.88. The maximum absolute atomic E-state index is 12.2. The number of anilines is 1. The van der Waals surface area contributed by atoms with Crippen molar-refractivity contribution in [2.24, 2.45) is 17.6 Å². The first kappa shape index (κ1) is 14.4. The van der Waals surface area contributed by atoms with Gasteiger partial charge in [0.25, 0.3) is 0 Å². The Morgan fingerprint density at radius 2 is 2.11 bits per heavy atom. The third-order valence-electron chi connectivity index (χ3n) is 3.33. The Balaban J connectivity index is 2.09. The number of fused-ring (bicyclic) bond motifs is 1. The first-order chi connectivity index (χ1) is 8.99. The summed E-state index contributed by atoms with van der Waals surface area (Å²) in [6.07, 6.45) is 4.49.